The highest BCUT2D eigenvalue weighted by Crippen LogP contribution is 2.29. The highest BCUT2D eigenvalue weighted by Gasteiger charge is 2.10. The highest BCUT2D eigenvalue weighted by molar-refractivity contribution is 7.08. The van der Waals surface area contributed by atoms with Gasteiger partial charge in [0.1, 0.15) is 0 Å². The van der Waals surface area contributed by atoms with E-state index in [0.717, 1.165) is 13.1 Å². The molecule has 2 aromatic heterocycles. The van der Waals surface area contributed by atoms with Crippen molar-refractivity contribution in [1.82, 2.24) is 5.32 Å². The summed E-state index contributed by atoms with van der Waals surface area (Å²) in [6.07, 6.45) is 0. The number of hydrogen-bond donors (Lipinski definition) is 1. The van der Waals surface area contributed by atoms with Crippen LogP contribution >= 0.6 is 22.7 Å². The van der Waals surface area contributed by atoms with Gasteiger partial charge in [-0.1, -0.05) is 35.9 Å². The minimum absolute atomic E-state index is 0.899. The van der Waals surface area contributed by atoms with Crippen LogP contribution in [0.25, 0.3) is 5.57 Å². The molecule has 0 unspecified atom stereocenters. The molecule has 1 N–H and O–H groups in total. The van der Waals surface area contributed by atoms with Crippen molar-refractivity contribution in [1.29, 1.82) is 0 Å². The molecule has 3 heteroatoms. The maximum atomic E-state index is 3.55. The predicted molar refractivity (Wildman–Crippen MR) is 98.5 cm³/mol. The Morgan fingerprint density at radius 2 is 1.55 bits per heavy atom. The Balaban J connectivity index is 1.75. The molecule has 0 bridgehead atoms. The quantitative estimate of drug-likeness (QED) is 0.638. The van der Waals surface area contributed by atoms with Gasteiger partial charge in [-0.15, -0.1) is 0 Å². The van der Waals surface area contributed by atoms with Crippen molar-refractivity contribution in [3.63, 3.8) is 0 Å². The van der Waals surface area contributed by atoms with Gasteiger partial charge in [0.15, 0.2) is 0 Å². The predicted octanol–water partition coefficient (Wildman–Crippen LogP) is 5.42. The molecule has 3 aromatic rings. The van der Waals surface area contributed by atoms with E-state index >= 15 is 0 Å². The second kappa shape index (κ2) is 7.54. The van der Waals surface area contributed by atoms with Crippen molar-refractivity contribution in [2.45, 2.75) is 13.5 Å². The second-order valence-electron chi connectivity index (χ2n) is 5.27. The molecule has 0 aliphatic carbocycles. The van der Waals surface area contributed by atoms with Crippen LogP contribution in [0.15, 0.2) is 69.6 Å². The summed E-state index contributed by atoms with van der Waals surface area (Å²) in [5.74, 6) is 0. The van der Waals surface area contributed by atoms with Crippen LogP contribution in [-0.2, 0) is 6.54 Å². The summed E-state index contributed by atoms with van der Waals surface area (Å²) >= 11 is 3.50. The van der Waals surface area contributed by atoms with Gasteiger partial charge in [0, 0.05) is 13.1 Å². The van der Waals surface area contributed by atoms with Gasteiger partial charge in [0.2, 0.25) is 0 Å². The van der Waals surface area contributed by atoms with Crippen LogP contribution in [0.3, 0.4) is 0 Å². The molecule has 2 heterocycles. The number of rotatable bonds is 6. The lowest BCUT2D eigenvalue weighted by atomic mass is 9.98. The van der Waals surface area contributed by atoms with Crippen LogP contribution in [0.2, 0.25) is 0 Å². The van der Waals surface area contributed by atoms with Crippen LogP contribution in [0.1, 0.15) is 23.6 Å². The standard InChI is InChI=1S/C19H19NS2/c1-15(11-20-12-16-5-3-2-4-6-16)19(17-7-9-21-13-17)18-8-10-22-14-18/h2-10,13-14,20H,11-12H2,1H3. The van der Waals surface area contributed by atoms with E-state index in [1.807, 2.05) is 0 Å². The van der Waals surface area contributed by atoms with Gasteiger partial charge in [-0.2, -0.15) is 22.7 Å². The van der Waals surface area contributed by atoms with Crippen molar-refractivity contribution in [3.8, 4) is 0 Å². The van der Waals surface area contributed by atoms with E-state index in [-0.39, 0.29) is 0 Å². The van der Waals surface area contributed by atoms with Crippen LogP contribution in [0.5, 0.6) is 0 Å². The average Bonchev–Trinajstić information content (AvgIpc) is 3.23. The third-order valence-corrected chi connectivity index (χ3v) is 4.98. The van der Waals surface area contributed by atoms with E-state index in [4.69, 9.17) is 0 Å². The molecular weight excluding hydrogens is 306 g/mol. The van der Waals surface area contributed by atoms with Crippen LogP contribution < -0.4 is 5.32 Å². The van der Waals surface area contributed by atoms with Crippen molar-refractivity contribution in [3.05, 3.63) is 86.2 Å². The Kier molecular flexibility index (Phi) is 5.22. The zero-order valence-electron chi connectivity index (χ0n) is 12.6. The third-order valence-electron chi connectivity index (χ3n) is 3.61. The molecule has 112 valence electrons. The summed E-state index contributed by atoms with van der Waals surface area (Å²) < 4.78 is 0. The van der Waals surface area contributed by atoms with Gasteiger partial charge in [-0.25, -0.2) is 0 Å². The van der Waals surface area contributed by atoms with Gasteiger partial charge >= 0.3 is 0 Å². The number of nitrogens with one attached hydrogen (secondary N) is 1. The second-order valence-corrected chi connectivity index (χ2v) is 6.83. The molecule has 0 amide bonds. The minimum atomic E-state index is 0.899. The Hall–Kier alpha value is -1.68. The van der Waals surface area contributed by atoms with Gasteiger partial charge in [0.25, 0.3) is 0 Å². The van der Waals surface area contributed by atoms with Gasteiger partial charge in [-0.05, 0) is 62.8 Å². The fourth-order valence-corrected chi connectivity index (χ4v) is 3.85. The van der Waals surface area contributed by atoms with Crippen molar-refractivity contribution in [2.75, 3.05) is 6.54 Å². The Labute approximate surface area is 140 Å². The number of benzene rings is 1. The summed E-state index contributed by atoms with van der Waals surface area (Å²) in [6.45, 7) is 4.03. The molecule has 1 nitrogen and oxygen atoms in total. The normalized spacial score (nSPS) is 10.6. The summed E-state index contributed by atoms with van der Waals surface area (Å²) in [5.41, 5.74) is 6.71. The highest BCUT2D eigenvalue weighted by atomic mass is 32.1. The molecule has 0 aliphatic rings. The minimum Gasteiger partial charge on any atom is -0.309 e. The van der Waals surface area contributed by atoms with Gasteiger partial charge in [-0.3, -0.25) is 0 Å². The summed E-state index contributed by atoms with van der Waals surface area (Å²) in [5, 5.41) is 12.3. The number of hydrogen-bond acceptors (Lipinski definition) is 3. The first-order valence-corrected chi connectivity index (χ1v) is 9.22. The van der Waals surface area contributed by atoms with E-state index in [1.165, 1.54) is 27.8 Å². The molecule has 0 saturated carbocycles. The average molecular weight is 326 g/mol. The molecule has 3 rings (SSSR count). The molecular formula is C19H19NS2. The maximum Gasteiger partial charge on any atom is 0.0208 e. The SMILES string of the molecule is CC(CNCc1ccccc1)=C(c1ccsc1)c1ccsc1. The fourth-order valence-electron chi connectivity index (χ4n) is 2.55. The molecule has 0 atom stereocenters. The molecule has 22 heavy (non-hydrogen) atoms. The van der Waals surface area contributed by atoms with E-state index in [0.29, 0.717) is 0 Å². The van der Waals surface area contributed by atoms with Crippen LogP contribution in [-0.4, -0.2) is 6.54 Å². The van der Waals surface area contributed by atoms with Gasteiger partial charge < -0.3 is 5.32 Å². The molecule has 1 aromatic carbocycles. The van der Waals surface area contributed by atoms with Crippen molar-refractivity contribution < 1.29 is 0 Å². The lowest BCUT2D eigenvalue weighted by Crippen LogP contribution is -2.16. The lowest BCUT2D eigenvalue weighted by molar-refractivity contribution is 0.741. The Morgan fingerprint density at radius 1 is 0.909 bits per heavy atom. The number of thiophene rings is 2. The summed E-state index contributed by atoms with van der Waals surface area (Å²) in [4.78, 5) is 0. The lowest BCUT2D eigenvalue weighted by Gasteiger charge is -2.12. The first-order valence-electron chi connectivity index (χ1n) is 7.34. The van der Waals surface area contributed by atoms with E-state index in [1.54, 1.807) is 22.7 Å². The van der Waals surface area contributed by atoms with E-state index in [9.17, 15) is 0 Å². The largest absolute Gasteiger partial charge is 0.309 e. The summed E-state index contributed by atoms with van der Waals surface area (Å²) in [6, 6.07) is 15.0. The third kappa shape index (κ3) is 3.74. The molecule has 0 radical (unpaired) electrons. The van der Waals surface area contributed by atoms with E-state index < -0.39 is 0 Å². The summed E-state index contributed by atoms with van der Waals surface area (Å²) in [7, 11) is 0. The zero-order valence-corrected chi connectivity index (χ0v) is 14.2. The van der Waals surface area contributed by atoms with E-state index in [2.05, 4.69) is 76.2 Å². The first-order chi connectivity index (χ1) is 10.8. The maximum absolute atomic E-state index is 3.55. The first kappa shape index (κ1) is 15.2. The Bertz CT molecular complexity index is 674. The van der Waals surface area contributed by atoms with Crippen molar-refractivity contribution in [2.24, 2.45) is 0 Å². The van der Waals surface area contributed by atoms with Crippen LogP contribution in [0.4, 0.5) is 0 Å². The monoisotopic (exact) mass is 325 g/mol. The van der Waals surface area contributed by atoms with Gasteiger partial charge in [0.05, 0.1) is 0 Å². The molecule has 0 saturated heterocycles. The molecule has 0 fully saturated rings. The van der Waals surface area contributed by atoms with Crippen LogP contribution in [0, 0.1) is 0 Å². The molecule has 0 aliphatic heterocycles. The smallest absolute Gasteiger partial charge is 0.0208 e. The fraction of sp³-hybridized carbons (Fsp3) is 0.158. The Morgan fingerprint density at radius 3 is 2.09 bits per heavy atom. The van der Waals surface area contributed by atoms with Crippen molar-refractivity contribution >= 4 is 28.2 Å². The zero-order chi connectivity index (χ0) is 15.2. The molecule has 0 spiro atoms. The topological polar surface area (TPSA) is 12.0 Å².